The third-order valence-electron chi connectivity index (χ3n) is 3.82. The van der Waals surface area contributed by atoms with Crippen LogP contribution in [0.2, 0.25) is 0 Å². The topological polar surface area (TPSA) is 25.2 Å². The molecule has 0 saturated carbocycles. The number of fused-ring (bicyclic) bond motifs is 1. The maximum atomic E-state index is 13.5. The molecule has 0 fully saturated rings. The van der Waals surface area contributed by atoms with E-state index in [4.69, 9.17) is 0 Å². The lowest BCUT2D eigenvalue weighted by atomic mass is 9.95. The molecular weight excluding hydrogens is 241 g/mol. The SMILES string of the molecule is CCCCC(C)c1cn(CC)c2cc(F)cc(O)c12. The number of aryl methyl sites for hydroxylation is 1. The van der Waals surface area contributed by atoms with Crippen molar-refractivity contribution in [1.82, 2.24) is 4.57 Å². The van der Waals surface area contributed by atoms with Gasteiger partial charge in [-0.2, -0.15) is 0 Å². The smallest absolute Gasteiger partial charge is 0.129 e. The Morgan fingerprint density at radius 3 is 2.68 bits per heavy atom. The fourth-order valence-electron chi connectivity index (χ4n) is 2.70. The second kappa shape index (κ2) is 5.64. The highest BCUT2D eigenvalue weighted by molar-refractivity contribution is 5.90. The lowest BCUT2D eigenvalue weighted by Crippen LogP contribution is -1.93. The molecule has 0 aliphatic rings. The first-order valence-electron chi connectivity index (χ1n) is 7.09. The van der Waals surface area contributed by atoms with Gasteiger partial charge in [-0.05, 0) is 30.9 Å². The third kappa shape index (κ3) is 2.60. The van der Waals surface area contributed by atoms with Crippen molar-refractivity contribution in [1.29, 1.82) is 0 Å². The molecule has 0 aliphatic carbocycles. The molecule has 19 heavy (non-hydrogen) atoms. The van der Waals surface area contributed by atoms with Gasteiger partial charge in [0.15, 0.2) is 0 Å². The predicted octanol–water partition coefficient (Wildman–Crippen LogP) is 4.80. The van der Waals surface area contributed by atoms with Gasteiger partial charge in [-0.15, -0.1) is 0 Å². The summed E-state index contributed by atoms with van der Waals surface area (Å²) in [5, 5.41) is 10.9. The monoisotopic (exact) mass is 263 g/mol. The van der Waals surface area contributed by atoms with Gasteiger partial charge in [-0.25, -0.2) is 4.39 Å². The van der Waals surface area contributed by atoms with Crippen molar-refractivity contribution in [2.75, 3.05) is 0 Å². The van der Waals surface area contributed by atoms with E-state index >= 15 is 0 Å². The Labute approximate surface area is 113 Å². The highest BCUT2D eigenvalue weighted by Gasteiger charge is 2.17. The molecule has 2 nitrogen and oxygen atoms in total. The van der Waals surface area contributed by atoms with E-state index in [1.54, 1.807) is 0 Å². The van der Waals surface area contributed by atoms with Crippen LogP contribution in [0.15, 0.2) is 18.3 Å². The minimum Gasteiger partial charge on any atom is -0.507 e. The summed E-state index contributed by atoms with van der Waals surface area (Å²) < 4.78 is 15.5. The van der Waals surface area contributed by atoms with E-state index in [1.165, 1.54) is 18.6 Å². The molecule has 0 spiro atoms. The number of nitrogens with zero attached hydrogens (tertiary/aromatic N) is 1. The zero-order valence-electron chi connectivity index (χ0n) is 11.9. The molecule has 2 aromatic rings. The Hall–Kier alpha value is -1.51. The first-order chi connectivity index (χ1) is 9.08. The molecule has 0 bridgehead atoms. The standard InChI is InChI=1S/C16H22FNO/c1-4-6-7-11(3)13-10-18(5-2)14-8-12(17)9-15(19)16(13)14/h8-11,19H,4-7H2,1-3H3. The van der Waals surface area contributed by atoms with Crippen LogP contribution in [0.3, 0.4) is 0 Å². The van der Waals surface area contributed by atoms with Crippen LogP contribution in [-0.2, 0) is 6.54 Å². The number of aromatic nitrogens is 1. The van der Waals surface area contributed by atoms with Crippen molar-refractivity contribution in [3.8, 4) is 5.75 Å². The lowest BCUT2D eigenvalue weighted by molar-refractivity contribution is 0.475. The fraction of sp³-hybridized carbons (Fsp3) is 0.500. The Kier molecular flexibility index (Phi) is 4.13. The summed E-state index contributed by atoms with van der Waals surface area (Å²) in [6.45, 7) is 7.16. The second-order valence-electron chi connectivity index (χ2n) is 5.23. The largest absolute Gasteiger partial charge is 0.507 e. The molecule has 3 heteroatoms. The van der Waals surface area contributed by atoms with E-state index in [0.29, 0.717) is 5.92 Å². The van der Waals surface area contributed by atoms with Crippen molar-refractivity contribution < 1.29 is 9.50 Å². The number of phenols is 1. The molecule has 0 saturated heterocycles. The highest BCUT2D eigenvalue weighted by atomic mass is 19.1. The highest BCUT2D eigenvalue weighted by Crippen LogP contribution is 2.36. The van der Waals surface area contributed by atoms with Crippen molar-refractivity contribution in [2.45, 2.75) is 52.5 Å². The number of benzene rings is 1. The molecule has 0 amide bonds. The zero-order chi connectivity index (χ0) is 14.0. The van der Waals surface area contributed by atoms with Crippen LogP contribution in [0.5, 0.6) is 5.75 Å². The van der Waals surface area contributed by atoms with Crippen LogP contribution in [-0.4, -0.2) is 9.67 Å². The van der Waals surface area contributed by atoms with Crippen molar-refractivity contribution in [3.05, 3.63) is 29.7 Å². The van der Waals surface area contributed by atoms with E-state index in [9.17, 15) is 9.50 Å². The van der Waals surface area contributed by atoms with Crippen molar-refractivity contribution in [3.63, 3.8) is 0 Å². The van der Waals surface area contributed by atoms with E-state index in [1.807, 2.05) is 11.5 Å². The number of phenolic OH excluding ortho intramolecular Hbond substituents is 1. The van der Waals surface area contributed by atoms with Gasteiger partial charge in [0.25, 0.3) is 0 Å². The summed E-state index contributed by atoms with van der Waals surface area (Å²) in [6, 6.07) is 2.72. The van der Waals surface area contributed by atoms with Crippen LogP contribution in [0.25, 0.3) is 10.9 Å². The average molecular weight is 263 g/mol. The van der Waals surface area contributed by atoms with Crippen LogP contribution in [0.4, 0.5) is 4.39 Å². The van der Waals surface area contributed by atoms with E-state index < -0.39 is 0 Å². The first kappa shape index (κ1) is 13.9. The molecule has 0 radical (unpaired) electrons. The Balaban J connectivity index is 2.55. The lowest BCUT2D eigenvalue weighted by Gasteiger charge is -2.10. The number of unbranched alkanes of at least 4 members (excludes halogenated alkanes) is 1. The summed E-state index contributed by atoms with van der Waals surface area (Å²) >= 11 is 0. The van der Waals surface area contributed by atoms with E-state index in [-0.39, 0.29) is 11.6 Å². The van der Waals surface area contributed by atoms with Gasteiger partial charge in [0.1, 0.15) is 11.6 Å². The number of hydrogen-bond donors (Lipinski definition) is 1. The summed E-state index contributed by atoms with van der Waals surface area (Å²) in [7, 11) is 0. The average Bonchev–Trinajstić information content (AvgIpc) is 2.74. The molecular formula is C16H22FNO. The predicted molar refractivity (Wildman–Crippen MR) is 77.2 cm³/mol. The number of halogens is 1. The Morgan fingerprint density at radius 2 is 2.05 bits per heavy atom. The zero-order valence-corrected chi connectivity index (χ0v) is 11.9. The summed E-state index contributed by atoms with van der Waals surface area (Å²) in [5.41, 5.74) is 1.92. The summed E-state index contributed by atoms with van der Waals surface area (Å²) in [6.07, 6.45) is 5.49. The molecule has 104 valence electrons. The summed E-state index contributed by atoms with van der Waals surface area (Å²) in [5.74, 6) is 0.0534. The number of rotatable bonds is 5. The van der Waals surface area contributed by atoms with Gasteiger partial charge >= 0.3 is 0 Å². The van der Waals surface area contributed by atoms with Gasteiger partial charge < -0.3 is 9.67 Å². The normalized spacial score (nSPS) is 13.1. The molecule has 1 N–H and O–H groups in total. The quantitative estimate of drug-likeness (QED) is 0.823. The van der Waals surface area contributed by atoms with E-state index in [0.717, 1.165) is 35.9 Å². The van der Waals surface area contributed by atoms with Gasteiger partial charge in [0.2, 0.25) is 0 Å². The Morgan fingerprint density at radius 1 is 1.32 bits per heavy atom. The first-order valence-corrected chi connectivity index (χ1v) is 7.09. The fourth-order valence-corrected chi connectivity index (χ4v) is 2.70. The third-order valence-corrected chi connectivity index (χ3v) is 3.82. The van der Waals surface area contributed by atoms with Crippen LogP contribution < -0.4 is 0 Å². The molecule has 1 aromatic carbocycles. The molecule has 0 aliphatic heterocycles. The second-order valence-corrected chi connectivity index (χ2v) is 5.23. The molecule has 2 rings (SSSR count). The van der Waals surface area contributed by atoms with Gasteiger partial charge in [-0.1, -0.05) is 26.7 Å². The van der Waals surface area contributed by atoms with Crippen LogP contribution >= 0.6 is 0 Å². The molecule has 1 heterocycles. The maximum Gasteiger partial charge on any atom is 0.129 e. The minimum absolute atomic E-state index is 0.0561. The van der Waals surface area contributed by atoms with Gasteiger partial charge in [-0.3, -0.25) is 0 Å². The molecule has 1 unspecified atom stereocenters. The van der Waals surface area contributed by atoms with Crippen LogP contribution in [0, 0.1) is 5.82 Å². The van der Waals surface area contributed by atoms with Gasteiger partial charge in [0, 0.05) is 24.2 Å². The summed E-state index contributed by atoms with van der Waals surface area (Å²) in [4.78, 5) is 0. The molecule has 1 atom stereocenters. The van der Waals surface area contributed by atoms with E-state index in [2.05, 4.69) is 20.0 Å². The van der Waals surface area contributed by atoms with Crippen molar-refractivity contribution >= 4 is 10.9 Å². The number of hydrogen-bond acceptors (Lipinski definition) is 1. The Bertz CT molecular complexity index is 574. The molecule has 1 aromatic heterocycles. The van der Waals surface area contributed by atoms with Crippen LogP contribution in [0.1, 0.15) is 51.5 Å². The maximum absolute atomic E-state index is 13.5. The minimum atomic E-state index is -0.384. The van der Waals surface area contributed by atoms with Gasteiger partial charge in [0.05, 0.1) is 5.52 Å². The number of aromatic hydroxyl groups is 1. The van der Waals surface area contributed by atoms with Crippen molar-refractivity contribution in [2.24, 2.45) is 0 Å².